The Bertz CT molecular complexity index is 343. The molecule has 1 rings (SSSR count). The van der Waals surface area contributed by atoms with Gasteiger partial charge in [0.15, 0.2) is 0 Å². The summed E-state index contributed by atoms with van der Waals surface area (Å²) in [7, 11) is 0. The van der Waals surface area contributed by atoms with E-state index in [-0.39, 0.29) is 10.3 Å². The number of amides is 1. The van der Waals surface area contributed by atoms with Crippen molar-refractivity contribution in [3.05, 3.63) is 28.4 Å². The highest BCUT2D eigenvalue weighted by molar-refractivity contribution is 5.91. The van der Waals surface area contributed by atoms with Crippen molar-refractivity contribution >= 4 is 5.91 Å². The minimum atomic E-state index is -0.911. The molecule has 0 fully saturated rings. The van der Waals surface area contributed by atoms with E-state index in [0.29, 0.717) is 0 Å². The standard InChI is InChI=1S/C5H5N3O3/c6-4(9)3-1-7-2-8(11)5(3)10/h1-2,11H,(H2,6,9). The maximum absolute atomic E-state index is 10.8. The lowest BCUT2D eigenvalue weighted by Crippen LogP contribution is -2.28. The molecule has 0 atom stereocenters. The second kappa shape index (κ2) is 2.41. The zero-order valence-corrected chi connectivity index (χ0v) is 5.39. The lowest BCUT2D eigenvalue weighted by molar-refractivity contribution is 0.0990. The molecule has 6 nitrogen and oxygen atoms in total. The van der Waals surface area contributed by atoms with Crippen molar-refractivity contribution in [1.82, 2.24) is 9.71 Å². The molecular weight excluding hydrogens is 150 g/mol. The molecule has 0 aliphatic carbocycles. The molecule has 0 aliphatic heterocycles. The summed E-state index contributed by atoms with van der Waals surface area (Å²) in [6.45, 7) is 0. The summed E-state index contributed by atoms with van der Waals surface area (Å²) in [5.41, 5.74) is 3.57. The summed E-state index contributed by atoms with van der Waals surface area (Å²) in [5, 5.41) is 8.68. The molecule has 0 saturated heterocycles. The highest BCUT2D eigenvalue weighted by Crippen LogP contribution is 1.83. The van der Waals surface area contributed by atoms with Crippen molar-refractivity contribution < 1.29 is 10.0 Å². The molecule has 0 aliphatic rings. The minimum Gasteiger partial charge on any atom is -0.424 e. The topological polar surface area (TPSA) is 98.2 Å². The lowest BCUT2D eigenvalue weighted by Gasteiger charge is -1.95. The van der Waals surface area contributed by atoms with Crippen molar-refractivity contribution in [1.29, 1.82) is 0 Å². The third-order valence-electron chi connectivity index (χ3n) is 1.08. The van der Waals surface area contributed by atoms with E-state index in [1.54, 1.807) is 0 Å². The monoisotopic (exact) mass is 155 g/mol. The summed E-state index contributed by atoms with van der Waals surface area (Å²) in [6.07, 6.45) is 1.87. The van der Waals surface area contributed by atoms with Crippen LogP contribution in [0.3, 0.4) is 0 Å². The van der Waals surface area contributed by atoms with Gasteiger partial charge in [-0.05, 0) is 0 Å². The summed E-state index contributed by atoms with van der Waals surface area (Å²) < 4.78 is 0.195. The molecule has 0 unspecified atom stereocenters. The van der Waals surface area contributed by atoms with E-state index in [1.165, 1.54) is 0 Å². The van der Waals surface area contributed by atoms with Gasteiger partial charge in [0.25, 0.3) is 11.5 Å². The molecule has 1 amide bonds. The zero-order chi connectivity index (χ0) is 8.43. The fourth-order valence-electron chi connectivity index (χ4n) is 0.571. The Balaban J connectivity index is 3.40. The van der Waals surface area contributed by atoms with E-state index >= 15 is 0 Å². The number of nitrogens with zero attached hydrogens (tertiary/aromatic N) is 2. The van der Waals surface area contributed by atoms with Crippen molar-refractivity contribution in [2.75, 3.05) is 0 Å². The molecule has 3 N–H and O–H groups in total. The van der Waals surface area contributed by atoms with Crippen molar-refractivity contribution in [2.45, 2.75) is 0 Å². The van der Waals surface area contributed by atoms with Crippen LogP contribution in [0.15, 0.2) is 17.3 Å². The Kier molecular flexibility index (Phi) is 1.59. The first-order valence-corrected chi connectivity index (χ1v) is 2.68. The second-order valence-corrected chi connectivity index (χ2v) is 1.82. The van der Waals surface area contributed by atoms with Crippen molar-refractivity contribution in [2.24, 2.45) is 5.73 Å². The maximum Gasteiger partial charge on any atom is 0.298 e. The van der Waals surface area contributed by atoms with Gasteiger partial charge in [-0.25, -0.2) is 4.98 Å². The van der Waals surface area contributed by atoms with Gasteiger partial charge >= 0.3 is 0 Å². The molecule has 1 heterocycles. The molecule has 0 spiro atoms. The number of carbonyl (C=O) groups excluding carboxylic acids is 1. The van der Waals surface area contributed by atoms with Crippen LogP contribution in [0.25, 0.3) is 0 Å². The van der Waals surface area contributed by atoms with Gasteiger partial charge in [0.2, 0.25) is 0 Å². The van der Waals surface area contributed by atoms with Crippen LogP contribution in [0, 0.1) is 0 Å². The molecule has 11 heavy (non-hydrogen) atoms. The highest BCUT2D eigenvalue weighted by Gasteiger charge is 2.07. The van der Waals surface area contributed by atoms with Gasteiger partial charge in [-0.3, -0.25) is 9.59 Å². The van der Waals surface area contributed by atoms with Crippen molar-refractivity contribution in [3.8, 4) is 0 Å². The van der Waals surface area contributed by atoms with Crippen LogP contribution in [0.5, 0.6) is 0 Å². The van der Waals surface area contributed by atoms with E-state index in [9.17, 15) is 9.59 Å². The third-order valence-corrected chi connectivity index (χ3v) is 1.08. The van der Waals surface area contributed by atoms with E-state index in [2.05, 4.69) is 4.98 Å². The van der Waals surface area contributed by atoms with Crippen LogP contribution in [-0.2, 0) is 0 Å². The number of carbonyl (C=O) groups is 1. The number of primary amides is 1. The number of hydrogen-bond acceptors (Lipinski definition) is 4. The van der Waals surface area contributed by atoms with Crippen LogP contribution in [0.2, 0.25) is 0 Å². The number of aromatic nitrogens is 2. The molecule has 0 radical (unpaired) electrons. The smallest absolute Gasteiger partial charge is 0.298 e. The average Bonchev–Trinajstić information content (AvgIpc) is 1.94. The molecule has 1 aromatic heterocycles. The van der Waals surface area contributed by atoms with Crippen LogP contribution >= 0.6 is 0 Å². The van der Waals surface area contributed by atoms with Gasteiger partial charge in [-0.1, -0.05) is 0 Å². The SMILES string of the molecule is NC(=O)c1cncn(O)c1=O. The molecule has 6 heteroatoms. The quantitative estimate of drug-likeness (QED) is 0.486. The van der Waals surface area contributed by atoms with Gasteiger partial charge in [-0.2, -0.15) is 0 Å². The largest absolute Gasteiger partial charge is 0.424 e. The molecule has 58 valence electrons. The fraction of sp³-hybridized carbons (Fsp3) is 0. The van der Waals surface area contributed by atoms with E-state index in [1.807, 2.05) is 0 Å². The summed E-state index contributed by atoms with van der Waals surface area (Å²) in [5.74, 6) is -0.911. The van der Waals surface area contributed by atoms with Crippen LogP contribution < -0.4 is 11.3 Å². The lowest BCUT2D eigenvalue weighted by atomic mass is 10.3. The van der Waals surface area contributed by atoms with Gasteiger partial charge in [-0.15, -0.1) is 4.73 Å². The Morgan fingerprint density at radius 1 is 1.73 bits per heavy atom. The molecule has 1 aromatic rings. The molecule has 0 bridgehead atoms. The van der Waals surface area contributed by atoms with Gasteiger partial charge in [0, 0.05) is 6.20 Å². The molecule has 0 saturated carbocycles. The Morgan fingerprint density at radius 2 is 2.36 bits per heavy atom. The Labute approximate surface area is 60.9 Å². The normalized spacial score (nSPS) is 9.45. The Morgan fingerprint density at radius 3 is 2.82 bits per heavy atom. The minimum absolute atomic E-state index is 0.195. The molecular formula is C5H5N3O3. The van der Waals surface area contributed by atoms with Crippen LogP contribution in [0.4, 0.5) is 0 Å². The summed E-state index contributed by atoms with van der Waals surface area (Å²) in [6, 6.07) is 0. The van der Waals surface area contributed by atoms with E-state index in [4.69, 9.17) is 10.9 Å². The van der Waals surface area contributed by atoms with E-state index < -0.39 is 11.5 Å². The first kappa shape index (κ1) is 7.26. The van der Waals surface area contributed by atoms with Gasteiger partial charge < -0.3 is 10.9 Å². The predicted molar refractivity (Wildman–Crippen MR) is 34.2 cm³/mol. The maximum atomic E-state index is 10.8. The zero-order valence-electron chi connectivity index (χ0n) is 5.39. The van der Waals surface area contributed by atoms with Gasteiger partial charge in [0.1, 0.15) is 11.9 Å². The number of rotatable bonds is 1. The summed E-state index contributed by atoms with van der Waals surface area (Å²) >= 11 is 0. The molecule has 0 aromatic carbocycles. The summed E-state index contributed by atoms with van der Waals surface area (Å²) in [4.78, 5) is 24.6. The van der Waals surface area contributed by atoms with E-state index in [0.717, 1.165) is 12.5 Å². The second-order valence-electron chi connectivity index (χ2n) is 1.82. The van der Waals surface area contributed by atoms with Crippen molar-refractivity contribution in [3.63, 3.8) is 0 Å². The van der Waals surface area contributed by atoms with Crippen LogP contribution in [0.1, 0.15) is 10.4 Å². The average molecular weight is 155 g/mol. The third kappa shape index (κ3) is 1.18. The number of hydrogen-bond donors (Lipinski definition) is 2. The first-order valence-electron chi connectivity index (χ1n) is 2.68. The number of nitrogens with two attached hydrogens (primary N) is 1. The Hall–Kier alpha value is -1.85. The fourth-order valence-corrected chi connectivity index (χ4v) is 0.571. The first-order chi connectivity index (χ1) is 5.13. The predicted octanol–water partition coefficient (Wildman–Crippen LogP) is -1.42. The highest BCUT2D eigenvalue weighted by atomic mass is 16.5. The van der Waals surface area contributed by atoms with Gasteiger partial charge in [0.05, 0.1) is 0 Å². The van der Waals surface area contributed by atoms with Crippen LogP contribution in [-0.4, -0.2) is 20.8 Å².